The lowest BCUT2D eigenvalue weighted by molar-refractivity contribution is 0.276. The van der Waals surface area contributed by atoms with Gasteiger partial charge in [-0.15, -0.1) is 0 Å². The molecule has 0 saturated heterocycles. The van der Waals surface area contributed by atoms with Gasteiger partial charge in [0.1, 0.15) is 5.75 Å². The second-order valence-corrected chi connectivity index (χ2v) is 7.73. The number of hydrogen-bond donors (Lipinski definition) is 2. The number of benzene rings is 1. The molecule has 1 aromatic carbocycles. The molecule has 1 atom stereocenters. The Morgan fingerprint density at radius 1 is 1.19 bits per heavy atom. The molecule has 3 N–H and O–H groups in total. The fourth-order valence-corrected chi connectivity index (χ4v) is 3.77. The van der Waals surface area contributed by atoms with Gasteiger partial charge in [-0.25, -0.2) is 9.67 Å². The molecular formula is C23H24N6O2. The summed E-state index contributed by atoms with van der Waals surface area (Å²) < 4.78 is 7.62. The Kier molecular flexibility index (Phi) is 5.09. The number of nitrogens with zero attached hydrogens (tertiary/aromatic N) is 5. The molecule has 4 aromatic rings. The molecule has 1 saturated carbocycles. The zero-order chi connectivity index (χ0) is 21.4. The lowest BCUT2D eigenvalue weighted by atomic mass is 10.1. The number of aromatic nitrogens is 5. The Morgan fingerprint density at radius 3 is 2.84 bits per heavy atom. The summed E-state index contributed by atoms with van der Waals surface area (Å²) in [7, 11) is 0. The van der Waals surface area contributed by atoms with E-state index in [9.17, 15) is 5.11 Å². The van der Waals surface area contributed by atoms with E-state index in [4.69, 9.17) is 15.5 Å². The predicted octanol–water partition coefficient (Wildman–Crippen LogP) is 3.18. The van der Waals surface area contributed by atoms with E-state index >= 15 is 0 Å². The number of aliphatic hydroxyl groups is 1. The molecule has 1 aliphatic carbocycles. The molecule has 0 radical (unpaired) electrons. The molecule has 8 heteroatoms. The first-order chi connectivity index (χ1) is 15.2. The van der Waals surface area contributed by atoms with Crippen molar-refractivity contribution in [2.45, 2.75) is 32.4 Å². The van der Waals surface area contributed by atoms with Gasteiger partial charge in [0.05, 0.1) is 59.8 Å². The molecule has 8 nitrogen and oxygen atoms in total. The van der Waals surface area contributed by atoms with E-state index in [2.05, 4.69) is 15.1 Å². The van der Waals surface area contributed by atoms with Crippen LogP contribution in [0.4, 0.5) is 0 Å². The van der Waals surface area contributed by atoms with Gasteiger partial charge in [-0.2, -0.15) is 5.10 Å². The first-order valence-electron chi connectivity index (χ1n) is 10.5. The summed E-state index contributed by atoms with van der Waals surface area (Å²) in [6.07, 6.45) is 7.24. The fraction of sp³-hybridized carbons (Fsp3) is 0.304. The number of nitrogens with two attached hydrogens (primary N) is 1. The summed E-state index contributed by atoms with van der Waals surface area (Å²) in [5.74, 6) is 1.79. The number of fused-ring (bicyclic) bond motifs is 1. The number of pyridine rings is 1. The van der Waals surface area contributed by atoms with Crippen molar-refractivity contribution in [1.82, 2.24) is 24.7 Å². The monoisotopic (exact) mass is 416 g/mol. The van der Waals surface area contributed by atoms with Crippen LogP contribution in [-0.4, -0.2) is 36.4 Å². The highest BCUT2D eigenvalue weighted by Gasteiger charge is 2.30. The van der Waals surface area contributed by atoms with E-state index in [0.717, 1.165) is 33.6 Å². The first kappa shape index (κ1) is 19.6. The Bertz CT molecular complexity index is 1230. The molecule has 5 rings (SSSR count). The van der Waals surface area contributed by atoms with Gasteiger partial charge >= 0.3 is 0 Å². The maximum Gasteiger partial charge on any atom is 0.172 e. The van der Waals surface area contributed by atoms with Crippen molar-refractivity contribution in [1.29, 1.82) is 0 Å². The van der Waals surface area contributed by atoms with Crippen molar-refractivity contribution >= 4 is 10.9 Å². The highest BCUT2D eigenvalue weighted by atomic mass is 16.5. The van der Waals surface area contributed by atoms with E-state index in [1.54, 1.807) is 17.1 Å². The minimum Gasteiger partial charge on any atom is -0.493 e. The molecule has 1 aliphatic rings. The third-order valence-corrected chi connectivity index (χ3v) is 5.54. The maximum atomic E-state index is 9.42. The molecule has 0 spiro atoms. The smallest absolute Gasteiger partial charge is 0.172 e. The molecule has 31 heavy (non-hydrogen) atoms. The molecule has 0 amide bonds. The SMILES string of the molecule is CCOc1cc(-c2cccc(C(N)C3CC3)n2)cc2c1cnn2-c1cncc(CO)n1. The summed E-state index contributed by atoms with van der Waals surface area (Å²) in [6.45, 7) is 2.30. The number of rotatable bonds is 7. The summed E-state index contributed by atoms with van der Waals surface area (Å²) >= 11 is 0. The largest absolute Gasteiger partial charge is 0.493 e. The van der Waals surface area contributed by atoms with E-state index < -0.39 is 0 Å². The Morgan fingerprint density at radius 2 is 2.06 bits per heavy atom. The lowest BCUT2D eigenvalue weighted by Crippen LogP contribution is -2.14. The van der Waals surface area contributed by atoms with Crippen molar-refractivity contribution in [3.05, 3.63) is 60.3 Å². The molecule has 158 valence electrons. The van der Waals surface area contributed by atoms with Crippen molar-refractivity contribution in [2.75, 3.05) is 6.61 Å². The second-order valence-electron chi connectivity index (χ2n) is 7.73. The maximum absolute atomic E-state index is 9.42. The van der Waals surface area contributed by atoms with Crippen LogP contribution in [0.5, 0.6) is 5.75 Å². The number of aliphatic hydroxyl groups excluding tert-OH is 1. The van der Waals surface area contributed by atoms with E-state index in [1.165, 1.54) is 19.0 Å². The average Bonchev–Trinajstić information content (AvgIpc) is 3.57. The van der Waals surface area contributed by atoms with Gasteiger partial charge in [-0.1, -0.05) is 6.07 Å². The Hall–Kier alpha value is -3.36. The second kappa shape index (κ2) is 8.05. The summed E-state index contributed by atoms with van der Waals surface area (Å²) in [5.41, 5.74) is 10.3. The minimum atomic E-state index is -0.187. The minimum absolute atomic E-state index is 0.0305. The van der Waals surface area contributed by atoms with Gasteiger partial charge < -0.3 is 15.6 Å². The van der Waals surface area contributed by atoms with Crippen LogP contribution in [-0.2, 0) is 6.61 Å². The van der Waals surface area contributed by atoms with Crippen molar-refractivity contribution in [3.8, 4) is 22.8 Å². The third kappa shape index (κ3) is 3.75. The van der Waals surface area contributed by atoms with Crippen molar-refractivity contribution in [3.63, 3.8) is 0 Å². The third-order valence-electron chi connectivity index (χ3n) is 5.54. The zero-order valence-electron chi connectivity index (χ0n) is 17.3. The Labute approximate surface area is 179 Å². The zero-order valence-corrected chi connectivity index (χ0v) is 17.3. The van der Waals surface area contributed by atoms with Crippen LogP contribution in [0.25, 0.3) is 28.0 Å². The molecule has 3 aromatic heterocycles. The van der Waals surface area contributed by atoms with Crippen LogP contribution in [0.1, 0.15) is 37.2 Å². The summed E-state index contributed by atoms with van der Waals surface area (Å²) in [6, 6.07) is 9.95. The van der Waals surface area contributed by atoms with Crippen LogP contribution >= 0.6 is 0 Å². The van der Waals surface area contributed by atoms with Gasteiger partial charge in [0, 0.05) is 11.6 Å². The molecule has 3 heterocycles. The highest BCUT2D eigenvalue weighted by molar-refractivity contribution is 5.90. The molecular weight excluding hydrogens is 392 g/mol. The topological polar surface area (TPSA) is 112 Å². The van der Waals surface area contributed by atoms with Crippen LogP contribution in [0.2, 0.25) is 0 Å². The van der Waals surface area contributed by atoms with Crippen molar-refractivity contribution in [2.24, 2.45) is 11.7 Å². The summed E-state index contributed by atoms with van der Waals surface area (Å²) in [5, 5.41) is 14.8. The molecule has 1 unspecified atom stereocenters. The first-order valence-corrected chi connectivity index (χ1v) is 10.5. The Balaban J connectivity index is 1.64. The predicted molar refractivity (Wildman–Crippen MR) is 117 cm³/mol. The molecule has 0 bridgehead atoms. The van der Waals surface area contributed by atoms with Crippen molar-refractivity contribution < 1.29 is 9.84 Å². The lowest BCUT2D eigenvalue weighted by Gasteiger charge is -2.13. The normalized spacial score (nSPS) is 14.7. The van der Waals surface area contributed by atoms with Crippen LogP contribution in [0.3, 0.4) is 0 Å². The van der Waals surface area contributed by atoms with E-state index in [0.29, 0.717) is 24.0 Å². The van der Waals surface area contributed by atoms with E-state index in [-0.39, 0.29) is 12.6 Å². The fourth-order valence-electron chi connectivity index (χ4n) is 3.77. The van der Waals surface area contributed by atoms with Gasteiger partial charge in [0.15, 0.2) is 5.82 Å². The molecule has 1 fully saturated rings. The molecule has 0 aliphatic heterocycles. The number of ether oxygens (including phenoxy) is 1. The van der Waals surface area contributed by atoms with Gasteiger partial charge in [-0.3, -0.25) is 9.97 Å². The van der Waals surface area contributed by atoms with Gasteiger partial charge in [-0.05, 0) is 49.9 Å². The van der Waals surface area contributed by atoms with Gasteiger partial charge in [0.2, 0.25) is 0 Å². The van der Waals surface area contributed by atoms with Crippen LogP contribution in [0.15, 0.2) is 48.9 Å². The standard InChI is InChI=1S/C23H24N6O2/c1-2-31-21-9-15(18-4-3-5-19(28-18)23(24)14-6-7-14)8-20-17(21)11-26-29(20)22-12-25-10-16(13-30)27-22/h3-5,8-12,14,23,30H,2,6-7,13,24H2,1H3. The summed E-state index contributed by atoms with van der Waals surface area (Å²) in [4.78, 5) is 13.5. The average molecular weight is 416 g/mol. The van der Waals surface area contributed by atoms with Crippen LogP contribution < -0.4 is 10.5 Å². The van der Waals surface area contributed by atoms with Crippen LogP contribution in [0, 0.1) is 5.92 Å². The number of hydrogen-bond acceptors (Lipinski definition) is 7. The highest BCUT2D eigenvalue weighted by Crippen LogP contribution is 2.39. The quantitative estimate of drug-likeness (QED) is 0.476. The van der Waals surface area contributed by atoms with Gasteiger partial charge in [0.25, 0.3) is 0 Å². The van der Waals surface area contributed by atoms with E-state index in [1.807, 2.05) is 37.3 Å².